The summed E-state index contributed by atoms with van der Waals surface area (Å²) in [6.07, 6.45) is 1.56. The number of nitrogens with one attached hydrogen (secondary N) is 2. The van der Waals surface area contributed by atoms with Crippen LogP contribution in [0.3, 0.4) is 0 Å². The Hall–Kier alpha value is -1.92. The molecule has 0 fully saturated rings. The van der Waals surface area contributed by atoms with Gasteiger partial charge >= 0.3 is 0 Å². The SMILES string of the molecule is Fc1cc(Nc2nc(Cl)nc3[nH]ncc23)ccc1Cl. The minimum Gasteiger partial charge on any atom is -0.339 e. The van der Waals surface area contributed by atoms with Crippen LogP contribution in [0.25, 0.3) is 11.0 Å². The molecule has 19 heavy (non-hydrogen) atoms. The number of aromatic amines is 1. The van der Waals surface area contributed by atoms with E-state index in [2.05, 4.69) is 25.5 Å². The van der Waals surface area contributed by atoms with E-state index in [1.165, 1.54) is 12.1 Å². The van der Waals surface area contributed by atoms with Crippen LogP contribution in [0.15, 0.2) is 24.4 Å². The molecule has 2 aromatic heterocycles. The zero-order valence-corrected chi connectivity index (χ0v) is 10.8. The van der Waals surface area contributed by atoms with Crippen LogP contribution in [-0.2, 0) is 0 Å². The number of nitrogens with zero attached hydrogens (tertiary/aromatic N) is 3. The van der Waals surface area contributed by atoms with E-state index in [-0.39, 0.29) is 10.3 Å². The van der Waals surface area contributed by atoms with E-state index in [1.807, 2.05) is 0 Å². The van der Waals surface area contributed by atoms with Crippen LogP contribution in [-0.4, -0.2) is 20.2 Å². The van der Waals surface area contributed by atoms with E-state index in [4.69, 9.17) is 23.2 Å². The minimum atomic E-state index is -0.518. The quantitative estimate of drug-likeness (QED) is 0.710. The third-order valence-electron chi connectivity index (χ3n) is 2.46. The van der Waals surface area contributed by atoms with Gasteiger partial charge in [-0.15, -0.1) is 0 Å². The summed E-state index contributed by atoms with van der Waals surface area (Å²) in [6.45, 7) is 0. The normalized spacial score (nSPS) is 10.9. The molecule has 0 radical (unpaired) electrons. The zero-order chi connectivity index (χ0) is 13.4. The van der Waals surface area contributed by atoms with Crippen molar-refractivity contribution < 1.29 is 4.39 Å². The maximum Gasteiger partial charge on any atom is 0.226 e. The molecule has 0 unspecified atom stereocenters. The van der Waals surface area contributed by atoms with Crippen molar-refractivity contribution in [1.29, 1.82) is 0 Å². The van der Waals surface area contributed by atoms with Crippen LogP contribution in [0.4, 0.5) is 15.9 Å². The highest BCUT2D eigenvalue weighted by molar-refractivity contribution is 6.30. The molecule has 2 heterocycles. The van der Waals surface area contributed by atoms with E-state index >= 15 is 0 Å². The highest BCUT2D eigenvalue weighted by Crippen LogP contribution is 2.25. The second-order valence-corrected chi connectivity index (χ2v) is 4.47. The van der Waals surface area contributed by atoms with E-state index < -0.39 is 5.82 Å². The first-order valence-corrected chi connectivity index (χ1v) is 5.98. The van der Waals surface area contributed by atoms with Crippen molar-refractivity contribution in [2.75, 3.05) is 5.32 Å². The van der Waals surface area contributed by atoms with Crippen molar-refractivity contribution in [2.45, 2.75) is 0 Å². The molecule has 0 aliphatic rings. The van der Waals surface area contributed by atoms with Crippen LogP contribution in [0.2, 0.25) is 10.3 Å². The maximum absolute atomic E-state index is 13.4. The molecule has 2 N–H and O–H groups in total. The Balaban J connectivity index is 2.04. The fourth-order valence-electron chi connectivity index (χ4n) is 1.61. The number of fused-ring (bicyclic) bond motifs is 1. The lowest BCUT2D eigenvalue weighted by Crippen LogP contribution is -1.97. The highest BCUT2D eigenvalue weighted by Gasteiger charge is 2.09. The second-order valence-electron chi connectivity index (χ2n) is 3.73. The predicted octanol–water partition coefficient (Wildman–Crippen LogP) is 3.54. The van der Waals surface area contributed by atoms with Crippen molar-refractivity contribution >= 4 is 45.7 Å². The monoisotopic (exact) mass is 297 g/mol. The minimum absolute atomic E-state index is 0.0553. The molecule has 0 saturated heterocycles. The van der Waals surface area contributed by atoms with Gasteiger partial charge in [-0.2, -0.15) is 15.1 Å². The molecule has 0 atom stereocenters. The topological polar surface area (TPSA) is 66.5 Å². The Morgan fingerprint density at radius 3 is 2.84 bits per heavy atom. The Morgan fingerprint density at radius 2 is 2.05 bits per heavy atom. The first kappa shape index (κ1) is 12.1. The van der Waals surface area contributed by atoms with Crippen LogP contribution in [0.1, 0.15) is 0 Å². The summed E-state index contributed by atoms with van der Waals surface area (Å²) in [6, 6.07) is 4.35. The Labute approximate surface area is 116 Å². The van der Waals surface area contributed by atoms with E-state index in [1.54, 1.807) is 12.3 Å². The van der Waals surface area contributed by atoms with Gasteiger partial charge in [-0.3, -0.25) is 5.10 Å². The van der Waals surface area contributed by atoms with Gasteiger partial charge in [-0.25, -0.2) is 4.39 Å². The lowest BCUT2D eigenvalue weighted by molar-refractivity contribution is 0.629. The third kappa shape index (κ3) is 2.32. The summed E-state index contributed by atoms with van der Waals surface area (Å²) in [5.41, 5.74) is 0.996. The number of H-pyrrole nitrogens is 1. The van der Waals surface area contributed by atoms with E-state index in [9.17, 15) is 4.39 Å². The summed E-state index contributed by atoms with van der Waals surface area (Å²) in [7, 11) is 0. The van der Waals surface area contributed by atoms with Gasteiger partial charge in [0.25, 0.3) is 0 Å². The number of anilines is 2. The van der Waals surface area contributed by atoms with E-state index in [0.29, 0.717) is 22.5 Å². The fraction of sp³-hybridized carbons (Fsp3) is 0. The fourth-order valence-corrected chi connectivity index (χ4v) is 1.90. The van der Waals surface area contributed by atoms with Crippen molar-refractivity contribution in [2.24, 2.45) is 0 Å². The Morgan fingerprint density at radius 1 is 1.21 bits per heavy atom. The van der Waals surface area contributed by atoms with Crippen LogP contribution < -0.4 is 5.32 Å². The number of hydrogen-bond acceptors (Lipinski definition) is 4. The highest BCUT2D eigenvalue weighted by atomic mass is 35.5. The average molecular weight is 298 g/mol. The molecule has 1 aromatic carbocycles. The van der Waals surface area contributed by atoms with Crippen molar-refractivity contribution in [3.05, 3.63) is 40.5 Å². The molecule has 0 aliphatic heterocycles. The molecule has 0 bridgehead atoms. The average Bonchev–Trinajstić information content (AvgIpc) is 2.82. The van der Waals surface area contributed by atoms with Gasteiger partial charge in [-0.1, -0.05) is 11.6 Å². The lowest BCUT2D eigenvalue weighted by Gasteiger charge is -2.07. The van der Waals surface area contributed by atoms with Crippen LogP contribution in [0, 0.1) is 5.82 Å². The van der Waals surface area contributed by atoms with Gasteiger partial charge in [-0.05, 0) is 29.8 Å². The van der Waals surface area contributed by atoms with Gasteiger partial charge < -0.3 is 5.32 Å². The third-order valence-corrected chi connectivity index (χ3v) is 2.94. The Kier molecular flexibility index (Phi) is 2.96. The zero-order valence-electron chi connectivity index (χ0n) is 9.28. The van der Waals surface area contributed by atoms with Crippen molar-refractivity contribution in [3.8, 4) is 0 Å². The smallest absolute Gasteiger partial charge is 0.226 e. The van der Waals surface area contributed by atoms with Gasteiger partial charge in [0.1, 0.15) is 11.6 Å². The summed E-state index contributed by atoms with van der Waals surface area (Å²) in [4.78, 5) is 8.02. The van der Waals surface area contributed by atoms with Crippen LogP contribution in [0.5, 0.6) is 0 Å². The van der Waals surface area contributed by atoms with Gasteiger partial charge in [0.15, 0.2) is 5.65 Å². The lowest BCUT2D eigenvalue weighted by atomic mass is 10.3. The molecule has 0 amide bonds. The number of benzene rings is 1. The van der Waals surface area contributed by atoms with Gasteiger partial charge in [0.2, 0.25) is 5.28 Å². The summed E-state index contributed by atoms with van der Waals surface area (Å²) >= 11 is 11.4. The maximum atomic E-state index is 13.4. The van der Waals surface area contributed by atoms with E-state index in [0.717, 1.165) is 0 Å². The number of hydrogen-bond donors (Lipinski definition) is 2. The summed E-state index contributed by atoms with van der Waals surface area (Å²) in [5.74, 6) is -0.0827. The Bertz CT molecular complexity index is 758. The molecular formula is C11H6Cl2FN5. The summed E-state index contributed by atoms with van der Waals surface area (Å²) in [5, 5.41) is 10.3. The molecule has 96 valence electrons. The summed E-state index contributed by atoms with van der Waals surface area (Å²) < 4.78 is 13.4. The molecule has 8 heteroatoms. The first-order chi connectivity index (χ1) is 9.13. The largest absolute Gasteiger partial charge is 0.339 e. The van der Waals surface area contributed by atoms with Crippen molar-refractivity contribution in [1.82, 2.24) is 20.2 Å². The van der Waals surface area contributed by atoms with Gasteiger partial charge in [0, 0.05) is 5.69 Å². The van der Waals surface area contributed by atoms with Crippen LogP contribution >= 0.6 is 23.2 Å². The molecule has 0 spiro atoms. The first-order valence-electron chi connectivity index (χ1n) is 5.22. The number of aromatic nitrogens is 4. The van der Waals surface area contributed by atoms with Crippen molar-refractivity contribution in [3.63, 3.8) is 0 Å². The van der Waals surface area contributed by atoms with Gasteiger partial charge in [0.05, 0.1) is 16.6 Å². The number of halogens is 3. The molecule has 0 saturated carbocycles. The molecule has 0 aliphatic carbocycles. The molecule has 3 rings (SSSR count). The molecule has 5 nitrogen and oxygen atoms in total. The second kappa shape index (κ2) is 4.64. The predicted molar refractivity (Wildman–Crippen MR) is 71.4 cm³/mol. The molecular weight excluding hydrogens is 292 g/mol. The molecule has 3 aromatic rings. The standard InChI is InChI=1S/C11H6Cl2FN5/c12-7-2-1-5(3-8(7)14)16-9-6-4-15-19-10(6)18-11(13)17-9/h1-4H,(H2,15,16,17,18,19). The number of rotatable bonds is 2.